The first-order valence-corrected chi connectivity index (χ1v) is 11.4. The molecule has 1 N–H and O–H groups in total. The number of hydrogen-bond acceptors (Lipinski definition) is 8. The second-order valence-corrected chi connectivity index (χ2v) is 9.35. The molecule has 0 atom stereocenters. The average Bonchev–Trinajstić information content (AvgIpc) is 2.81. The summed E-state index contributed by atoms with van der Waals surface area (Å²) in [6.07, 6.45) is 0. The number of nitrogens with zero attached hydrogens (tertiary/aromatic N) is 5. The molecule has 32 heavy (non-hydrogen) atoms. The highest BCUT2D eigenvalue weighted by Crippen LogP contribution is 2.23. The third-order valence-corrected chi connectivity index (χ3v) is 7.14. The highest BCUT2D eigenvalue weighted by atomic mass is 32.2. The van der Waals surface area contributed by atoms with E-state index in [4.69, 9.17) is 0 Å². The van der Waals surface area contributed by atoms with Gasteiger partial charge in [-0.1, -0.05) is 17.7 Å². The number of aromatic nitrogens is 2. The molecule has 10 nitrogen and oxygen atoms in total. The van der Waals surface area contributed by atoms with Crippen LogP contribution in [0.4, 0.5) is 23.0 Å². The lowest BCUT2D eigenvalue weighted by molar-refractivity contribution is -0.384. The fraction of sp³-hybridized carbons (Fsp3) is 0.238. The Morgan fingerprint density at radius 3 is 2.12 bits per heavy atom. The average molecular weight is 455 g/mol. The maximum absolute atomic E-state index is 12.9. The Bertz CT molecular complexity index is 1190. The number of rotatable bonds is 6. The van der Waals surface area contributed by atoms with Crippen LogP contribution in [0.25, 0.3) is 0 Å². The van der Waals surface area contributed by atoms with Crippen molar-refractivity contribution in [3.8, 4) is 0 Å². The van der Waals surface area contributed by atoms with Gasteiger partial charge in [0.25, 0.3) is 5.69 Å². The molecule has 11 heteroatoms. The number of hydrogen-bond donors (Lipinski definition) is 1. The van der Waals surface area contributed by atoms with Crippen LogP contribution in [0.5, 0.6) is 0 Å². The van der Waals surface area contributed by atoms with E-state index in [0.29, 0.717) is 24.7 Å². The molecular formula is C21H22N6O4S. The van der Waals surface area contributed by atoms with Gasteiger partial charge in [0.1, 0.15) is 0 Å². The molecule has 2 heterocycles. The summed E-state index contributed by atoms with van der Waals surface area (Å²) in [4.78, 5) is 12.2. The van der Waals surface area contributed by atoms with Gasteiger partial charge in [-0.05, 0) is 43.3 Å². The van der Waals surface area contributed by atoms with E-state index in [1.165, 1.54) is 34.1 Å². The van der Waals surface area contributed by atoms with Crippen LogP contribution in [-0.4, -0.2) is 54.0 Å². The van der Waals surface area contributed by atoms with Gasteiger partial charge in [0.15, 0.2) is 11.6 Å². The topological polar surface area (TPSA) is 122 Å². The van der Waals surface area contributed by atoms with E-state index in [1.54, 1.807) is 0 Å². The lowest BCUT2D eigenvalue weighted by Gasteiger charge is -2.34. The molecular weight excluding hydrogens is 432 g/mol. The molecule has 0 aliphatic carbocycles. The molecule has 0 spiro atoms. The lowest BCUT2D eigenvalue weighted by Crippen LogP contribution is -2.48. The largest absolute Gasteiger partial charge is 0.352 e. The zero-order chi connectivity index (χ0) is 22.7. The van der Waals surface area contributed by atoms with Crippen molar-refractivity contribution in [3.63, 3.8) is 0 Å². The number of anilines is 3. The van der Waals surface area contributed by atoms with Gasteiger partial charge in [-0.25, -0.2) is 8.42 Å². The second-order valence-electron chi connectivity index (χ2n) is 7.41. The third kappa shape index (κ3) is 4.68. The van der Waals surface area contributed by atoms with Crippen molar-refractivity contribution in [1.29, 1.82) is 0 Å². The molecule has 1 fully saturated rings. The normalized spacial score (nSPS) is 14.8. The van der Waals surface area contributed by atoms with Gasteiger partial charge in [-0.3, -0.25) is 10.1 Å². The van der Waals surface area contributed by atoms with Crippen LogP contribution in [0.15, 0.2) is 65.6 Å². The van der Waals surface area contributed by atoms with Gasteiger partial charge >= 0.3 is 0 Å². The zero-order valence-electron chi connectivity index (χ0n) is 17.4. The SMILES string of the molecule is Cc1ccc(Nc2ccc(N3CCN(S(=O)(=O)c4ccc([N+](=O)[O-])cc4)CC3)nn2)cc1. The molecule has 1 aliphatic heterocycles. The molecule has 0 radical (unpaired) electrons. The predicted molar refractivity (Wildman–Crippen MR) is 121 cm³/mol. The summed E-state index contributed by atoms with van der Waals surface area (Å²) in [5.41, 5.74) is 1.95. The number of nitrogens with one attached hydrogen (secondary N) is 1. The van der Waals surface area contributed by atoms with E-state index in [9.17, 15) is 18.5 Å². The number of nitro benzene ring substituents is 1. The Kier molecular flexibility index (Phi) is 6.01. The standard InChI is InChI=1S/C21H22N6O4S/c1-16-2-4-17(5-3-16)22-20-10-11-21(24-23-20)25-12-14-26(15-13-25)32(30,31)19-8-6-18(7-9-19)27(28)29/h2-11H,12-15H2,1H3,(H,22,23). The Labute approximate surface area is 185 Å². The summed E-state index contributed by atoms with van der Waals surface area (Å²) < 4.78 is 27.1. The molecule has 166 valence electrons. The molecule has 1 aliphatic rings. The third-order valence-electron chi connectivity index (χ3n) is 5.22. The van der Waals surface area contributed by atoms with E-state index in [-0.39, 0.29) is 23.7 Å². The smallest absolute Gasteiger partial charge is 0.269 e. The summed E-state index contributed by atoms with van der Waals surface area (Å²) in [5.74, 6) is 1.30. The number of piperazine rings is 1. The van der Waals surface area contributed by atoms with Crippen LogP contribution in [0.1, 0.15) is 5.56 Å². The first kappa shape index (κ1) is 21.7. The second kappa shape index (κ2) is 8.89. The Hall–Kier alpha value is -3.57. The van der Waals surface area contributed by atoms with Crippen molar-refractivity contribution >= 4 is 33.0 Å². The van der Waals surface area contributed by atoms with Gasteiger partial charge in [0, 0.05) is 44.0 Å². The minimum Gasteiger partial charge on any atom is -0.352 e. The Balaban J connectivity index is 1.37. The van der Waals surface area contributed by atoms with Crippen LogP contribution >= 0.6 is 0 Å². The van der Waals surface area contributed by atoms with E-state index < -0.39 is 14.9 Å². The van der Waals surface area contributed by atoms with Gasteiger partial charge in [-0.2, -0.15) is 4.31 Å². The van der Waals surface area contributed by atoms with Gasteiger partial charge in [0.05, 0.1) is 9.82 Å². The number of aryl methyl sites for hydroxylation is 1. The van der Waals surface area contributed by atoms with E-state index in [1.807, 2.05) is 48.2 Å². The first-order valence-electron chi connectivity index (χ1n) is 10.00. The maximum Gasteiger partial charge on any atom is 0.269 e. The highest BCUT2D eigenvalue weighted by Gasteiger charge is 2.29. The molecule has 0 amide bonds. The van der Waals surface area contributed by atoms with Crippen molar-refractivity contribution < 1.29 is 13.3 Å². The minimum absolute atomic E-state index is 0.0443. The molecule has 1 aromatic heterocycles. The molecule has 2 aromatic carbocycles. The van der Waals surface area contributed by atoms with Crippen molar-refractivity contribution in [3.05, 3.63) is 76.3 Å². The number of sulfonamides is 1. The molecule has 1 saturated heterocycles. The van der Waals surface area contributed by atoms with E-state index >= 15 is 0 Å². The minimum atomic E-state index is -3.72. The van der Waals surface area contributed by atoms with E-state index in [2.05, 4.69) is 15.5 Å². The van der Waals surface area contributed by atoms with Crippen molar-refractivity contribution in [2.75, 3.05) is 36.4 Å². The van der Waals surface area contributed by atoms with Crippen LogP contribution in [0.3, 0.4) is 0 Å². The van der Waals surface area contributed by atoms with Crippen LogP contribution in [0, 0.1) is 17.0 Å². The highest BCUT2D eigenvalue weighted by molar-refractivity contribution is 7.89. The fourth-order valence-corrected chi connectivity index (χ4v) is 4.81. The number of nitro groups is 1. The number of benzene rings is 2. The van der Waals surface area contributed by atoms with Crippen LogP contribution in [-0.2, 0) is 10.0 Å². The van der Waals surface area contributed by atoms with Crippen molar-refractivity contribution in [1.82, 2.24) is 14.5 Å². The van der Waals surface area contributed by atoms with Gasteiger partial charge in [-0.15, -0.1) is 10.2 Å². The molecule has 3 aromatic rings. The monoisotopic (exact) mass is 454 g/mol. The summed E-state index contributed by atoms with van der Waals surface area (Å²) >= 11 is 0. The van der Waals surface area contributed by atoms with Crippen molar-refractivity contribution in [2.24, 2.45) is 0 Å². The maximum atomic E-state index is 12.9. The molecule has 4 rings (SSSR count). The number of non-ortho nitro benzene ring substituents is 1. The Morgan fingerprint density at radius 1 is 0.906 bits per heavy atom. The van der Waals surface area contributed by atoms with Gasteiger partial charge in [0.2, 0.25) is 10.0 Å². The van der Waals surface area contributed by atoms with Crippen LogP contribution < -0.4 is 10.2 Å². The quantitative estimate of drug-likeness (QED) is 0.446. The summed E-state index contributed by atoms with van der Waals surface area (Å²) in [6.45, 7) is 3.52. The lowest BCUT2D eigenvalue weighted by atomic mass is 10.2. The molecule has 0 bridgehead atoms. The molecule has 0 saturated carbocycles. The summed E-state index contributed by atoms with van der Waals surface area (Å²) in [6, 6.07) is 16.6. The predicted octanol–water partition coefficient (Wildman–Crippen LogP) is 2.95. The first-order chi connectivity index (χ1) is 15.3. The van der Waals surface area contributed by atoms with Gasteiger partial charge < -0.3 is 10.2 Å². The zero-order valence-corrected chi connectivity index (χ0v) is 18.2. The summed E-state index contributed by atoms with van der Waals surface area (Å²) in [5, 5.41) is 22.5. The van der Waals surface area contributed by atoms with E-state index in [0.717, 1.165) is 5.69 Å². The van der Waals surface area contributed by atoms with Crippen LogP contribution in [0.2, 0.25) is 0 Å². The summed E-state index contributed by atoms with van der Waals surface area (Å²) in [7, 11) is -3.72. The van der Waals surface area contributed by atoms with Crippen molar-refractivity contribution in [2.45, 2.75) is 11.8 Å². The fourth-order valence-electron chi connectivity index (χ4n) is 3.39. The molecule has 0 unspecified atom stereocenters. The Morgan fingerprint density at radius 2 is 1.56 bits per heavy atom.